The quantitative estimate of drug-likeness (QED) is 0.574. The Labute approximate surface area is 137 Å². The maximum Gasteiger partial charge on any atom is 0.389 e. The Morgan fingerprint density at radius 1 is 0.917 bits per heavy atom. The fraction of sp³-hybridized carbons (Fsp3) is 0.235. The Morgan fingerprint density at radius 3 is 2.08 bits per heavy atom. The van der Waals surface area contributed by atoms with E-state index in [1.807, 2.05) is 30.3 Å². The van der Waals surface area contributed by atoms with Gasteiger partial charge in [0.15, 0.2) is 0 Å². The Kier molecular flexibility index (Phi) is 6.06. The van der Waals surface area contributed by atoms with Crippen LogP contribution >= 0.6 is 0 Å². The van der Waals surface area contributed by atoms with Gasteiger partial charge in [-0.15, -0.1) is 0 Å². The lowest BCUT2D eigenvalue weighted by molar-refractivity contribution is -0.135. The van der Waals surface area contributed by atoms with Crippen molar-refractivity contribution in [3.8, 4) is 0 Å². The first kappa shape index (κ1) is 17.7. The average molecular weight is 335 g/mol. The van der Waals surface area contributed by atoms with Gasteiger partial charge in [0.1, 0.15) is 0 Å². The SMILES string of the molecule is O=C(NCCCC(F)(F)F)c1ccc(/N=N/c2ccccc2)cc1. The predicted molar refractivity (Wildman–Crippen MR) is 84.7 cm³/mol. The molecule has 0 fully saturated rings. The number of rotatable bonds is 6. The number of nitrogens with one attached hydrogen (secondary N) is 1. The van der Waals surface area contributed by atoms with E-state index in [4.69, 9.17) is 0 Å². The second-order valence-corrected chi connectivity index (χ2v) is 5.06. The lowest BCUT2D eigenvalue weighted by Crippen LogP contribution is -2.25. The third kappa shape index (κ3) is 6.20. The second-order valence-electron chi connectivity index (χ2n) is 5.06. The van der Waals surface area contributed by atoms with Crippen molar-refractivity contribution in [2.45, 2.75) is 19.0 Å². The summed E-state index contributed by atoms with van der Waals surface area (Å²) in [6.07, 6.45) is -5.25. The lowest BCUT2D eigenvalue weighted by atomic mass is 10.2. The van der Waals surface area contributed by atoms with Crippen LogP contribution in [0.25, 0.3) is 0 Å². The predicted octanol–water partition coefficient (Wildman–Crippen LogP) is 5.17. The fourth-order valence-corrected chi connectivity index (χ4v) is 1.88. The minimum atomic E-state index is -4.20. The molecule has 1 N–H and O–H groups in total. The molecule has 0 saturated carbocycles. The zero-order valence-electron chi connectivity index (χ0n) is 12.8. The van der Waals surface area contributed by atoms with Crippen LogP contribution in [0.5, 0.6) is 0 Å². The summed E-state index contributed by atoms with van der Waals surface area (Å²) in [4.78, 5) is 11.8. The maximum atomic E-state index is 12.0. The number of carbonyl (C=O) groups is 1. The van der Waals surface area contributed by atoms with Gasteiger partial charge in [-0.2, -0.15) is 23.4 Å². The molecular formula is C17H16F3N3O. The van der Waals surface area contributed by atoms with Gasteiger partial charge in [0.05, 0.1) is 11.4 Å². The number of alkyl halides is 3. The molecule has 0 aromatic heterocycles. The van der Waals surface area contributed by atoms with Gasteiger partial charge in [-0.25, -0.2) is 0 Å². The summed E-state index contributed by atoms with van der Waals surface area (Å²) < 4.78 is 36.0. The Balaban J connectivity index is 1.85. The molecule has 7 heteroatoms. The zero-order valence-corrected chi connectivity index (χ0v) is 12.8. The summed E-state index contributed by atoms with van der Waals surface area (Å²) in [5.74, 6) is -0.413. The van der Waals surface area contributed by atoms with Gasteiger partial charge in [-0.05, 0) is 42.8 Å². The fourth-order valence-electron chi connectivity index (χ4n) is 1.88. The monoisotopic (exact) mass is 335 g/mol. The number of amides is 1. The highest BCUT2D eigenvalue weighted by molar-refractivity contribution is 5.94. The molecule has 0 atom stereocenters. The minimum Gasteiger partial charge on any atom is -0.352 e. The van der Waals surface area contributed by atoms with E-state index in [2.05, 4.69) is 15.5 Å². The van der Waals surface area contributed by atoms with E-state index in [1.54, 1.807) is 24.3 Å². The minimum absolute atomic E-state index is 0.0200. The molecule has 0 radical (unpaired) electrons. The molecule has 0 saturated heterocycles. The standard InChI is InChI=1S/C17H16F3N3O/c18-17(19,20)11-4-12-21-16(24)13-7-9-15(10-8-13)23-22-14-5-2-1-3-6-14/h1-3,5-10H,4,11-12H2,(H,21,24)/b23-22+. The molecule has 126 valence electrons. The molecule has 0 aliphatic heterocycles. The molecular weight excluding hydrogens is 319 g/mol. The smallest absolute Gasteiger partial charge is 0.352 e. The highest BCUT2D eigenvalue weighted by atomic mass is 19.4. The first-order valence-corrected chi connectivity index (χ1v) is 7.36. The number of hydrogen-bond donors (Lipinski definition) is 1. The van der Waals surface area contributed by atoms with E-state index in [1.165, 1.54) is 0 Å². The highest BCUT2D eigenvalue weighted by Gasteiger charge is 2.25. The average Bonchev–Trinajstić information content (AvgIpc) is 2.57. The number of carbonyl (C=O) groups excluding carboxylic acids is 1. The van der Waals surface area contributed by atoms with Gasteiger partial charge < -0.3 is 5.32 Å². The summed E-state index contributed by atoms with van der Waals surface area (Å²) >= 11 is 0. The number of benzene rings is 2. The molecule has 0 heterocycles. The van der Waals surface area contributed by atoms with Gasteiger partial charge in [-0.1, -0.05) is 18.2 Å². The van der Waals surface area contributed by atoms with Gasteiger partial charge in [-0.3, -0.25) is 4.79 Å². The van der Waals surface area contributed by atoms with Crippen molar-refractivity contribution in [2.24, 2.45) is 10.2 Å². The molecule has 0 bridgehead atoms. The Hall–Kier alpha value is -2.70. The van der Waals surface area contributed by atoms with Crippen molar-refractivity contribution in [2.75, 3.05) is 6.54 Å². The van der Waals surface area contributed by atoms with Crippen LogP contribution in [0.1, 0.15) is 23.2 Å². The van der Waals surface area contributed by atoms with Crippen molar-refractivity contribution in [1.82, 2.24) is 5.32 Å². The molecule has 2 rings (SSSR count). The number of azo groups is 1. The van der Waals surface area contributed by atoms with Crippen LogP contribution in [0.2, 0.25) is 0 Å². The molecule has 2 aromatic carbocycles. The van der Waals surface area contributed by atoms with Crippen LogP contribution < -0.4 is 5.32 Å². The zero-order chi connectivity index (χ0) is 17.4. The molecule has 0 aliphatic rings. The van der Waals surface area contributed by atoms with Crippen molar-refractivity contribution >= 4 is 17.3 Å². The molecule has 0 spiro atoms. The van der Waals surface area contributed by atoms with E-state index < -0.39 is 18.5 Å². The van der Waals surface area contributed by atoms with Gasteiger partial charge in [0.25, 0.3) is 5.91 Å². The molecule has 2 aromatic rings. The van der Waals surface area contributed by atoms with Crippen LogP contribution in [-0.2, 0) is 0 Å². The highest BCUT2D eigenvalue weighted by Crippen LogP contribution is 2.21. The van der Waals surface area contributed by atoms with Crippen LogP contribution in [0.15, 0.2) is 64.8 Å². The topological polar surface area (TPSA) is 53.8 Å². The van der Waals surface area contributed by atoms with Crippen molar-refractivity contribution in [3.05, 3.63) is 60.2 Å². The summed E-state index contributed by atoms with van der Waals surface area (Å²) in [6.45, 7) is -0.0200. The summed E-state index contributed by atoms with van der Waals surface area (Å²) in [5.41, 5.74) is 1.65. The molecule has 24 heavy (non-hydrogen) atoms. The van der Waals surface area contributed by atoms with E-state index in [9.17, 15) is 18.0 Å². The largest absolute Gasteiger partial charge is 0.389 e. The molecule has 4 nitrogen and oxygen atoms in total. The third-order valence-corrected chi connectivity index (χ3v) is 3.09. The van der Waals surface area contributed by atoms with Crippen LogP contribution in [0, 0.1) is 0 Å². The van der Waals surface area contributed by atoms with Crippen molar-refractivity contribution < 1.29 is 18.0 Å². The molecule has 0 unspecified atom stereocenters. The number of halogens is 3. The normalized spacial score (nSPS) is 11.6. The van der Waals surface area contributed by atoms with Crippen LogP contribution in [0.4, 0.5) is 24.5 Å². The Morgan fingerprint density at radius 2 is 1.50 bits per heavy atom. The first-order chi connectivity index (χ1) is 11.4. The van der Waals surface area contributed by atoms with E-state index in [0.717, 1.165) is 0 Å². The van der Waals surface area contributed by atoms with E-state index >= 15 is 0 Å². The van der Waals surface area contributed by atoms with E-state index in [0.29, 0.717) is 16.9 Å². The molecule has 0 aliphatic carbocycles. The van der Waals surface area contributed by atoms with Crippen LogP contribution in [-0.4, -0.2) is 18.6 Å². The third-order valence-electron chi connectivity index (χ3n) is 3.09. The van der Waals surface area contributed by atoms with E-state index in [-0.39, 0.29) is 13.0 Å². The molecule has 1 amide bonds. The number of hydrogen-bond acceptors (Lipinski definition) is 3. The summed E-state index contributed by atoms with van der Waals surface area (Å²) in [6, 6.07) is 15.5. The second kappa shape index (κ2) is 8.24. The Bertz CT molecular complexity index is 682. The first-order valence-electron chi connectivity index (χ1n) is 7.36. The van der Waals surface area contributed by atoms with Crippen LogP contribution in [0.3, 0.4) is 0 Å². The van der Waals surface area contributed by atoms with Crippen molar-refractivity contribution in [3.63, 3.8) is 0 Å². The van der Waals surface area contributed by atoms with Gasteiger partial charge in [0, 0.05) is 18.5 Å². The van der Waals surface area contributed by atoms with Crippen molar-refractivity contribution in [1.29, 1.82) is 0 Å². The number of nitrogens with zero attached hydrogens (tertiary/aromatic N) is 2. The summed E-state index contributed by atoms with van der Waals surface area (Å²) in [7, 11) is 0. The maximum absolute atomic E-state index is 12.0. The van der Waals surface area contributed by atoms with Gasteiger partial charge in [0.2, 0.25) is 0 Å². The lowest BCUT2D eigenvalue weighted by Gasteiger charge is -2.07. The summed E-state index contributed by atoms with van der Waals surface area (Å²) in [5, 5.41) is 10.6. The van der Waals surface area contributed by atoms with Gasteiger partial charge >= 0.3 is 6.18 Å².